The Morgan fingerprint density at radius 3 is 1.38 bits per heavy atom. The topological polar surface area (TPSA) is 15.8 Å². The second-order valence-electron chi connectivity index (χ2n) is 10.2. The molecule has 0 unspecified atom stereocenters. The van der Waals surface area contributed by atoms with Crippen LogP contribution in [0.1, 0.15) is 0 Å². The Morgan fingerprint density at radius 1 is 0.308 bits per heavy atom. The number of aromatic amines is 1. The molecule has 1 heterocycles. The molecule has 0 aliphatic heterocycles. The van der Waals surface area contributed by atoms with Gasteiger partial charge in [-0.15, -0.1) is 0 Å². The van der Waals surface area contributed by atoms with Crippen LogP contribution in [0.2, 0.25) is 0 Å². The second kappa shape index (κ2) is 8.72. The van der Waals surface area contributed by atoms with E-state index in [1.54, 1.807) is 0 Å². The zero-order valence-electron chi connectivity index (χ0n) is 21.4. The molecule has 1 nitrogen and oxygen atoms in total. The number of fused-ring (bicyclic) bond motifs is 5. The van der Waals surface area contributed by atoms with Crippen LogP contribution in [-0.2, 0) is 0 Å². The molecule has 0 amide bonds. The van der Waals surface area contributed by atoms with Crippen LogP contribution in [0.3, 0.4) is 0 Å². The summed E-state index contributed by atoms with van der Waals surface area (Å²) in [5, 5.41) is 7.65. The normalized spacial score (nSPS) is 11.6. The summed E-state index contributed by atoms with van der Waals surface area (Å²) in [5.74, 6) is 0. The van der Waals surface area contributed by atoms with Gasteiger partial charge < -0.3 is 4.98 Å². The number of benzene rings is 7. The second-order valence-corrected chi connectivity index (χ2v) is 10.2. The first kappa shape index (κ1) is 21.9. The van der Waals surface area contributed by atoms with Gasteiger partial charge in [0.25, 0.3) is 0 Å². The van der Waals surface area contributed by atoms with Crippen LogP contribution < -0.4 is 0 Å². The van der Waals surface area contributed by atoms with Crippen molar-refractivity contribution in [2.24, 2.45) is 0 Å². The molecule has 0 aliphatic carbocycles. The number of hydrogen-bond donors (Lipinski definition) is 1. The average molecular weight is 496 g/mol. The molecule has 8 rings (SSSR count). The summed E-state index contributed by atoms with van der Waals surface area (Å²) in [7, 11) is 0. The molecule has 8 aromatic rings. The van der Waals surface area contributed by atoms with E-state index in [0.29, 0.717) is 0 Å². The maximum absolute atomic E-state index is 3.66. The Hall–Kier alpha value is -5.14. The summed E-state index contributed by atoms with van der Waals surface area (Å²) in [5.41, 5.74) is 9.87. The number of para-hydroxylation sites is 2. The molecule has 1 N–H and O–H groups in total. The van der Waals surface area contributed by atoms with Gasteiger partial charge in [-0.25, -0.2) is 0 Å². The zero-order valence-corrected chi connectivity index (χ0v) is 21.4. The lowest BCUT2D eigenvalue weighted by atomic mass is 9.85. The monoisotopic (exact) mass is 495 g/mol. The lowest BCUT2D eigenvalue weighted by Crippen LogP contribution is -1.90. The minimum Gasteiger partial charge on any atom is -0.354 e. The van der Waals surface area contributed by atoms with Gasteiger partial charge in [-0.2, -0.15) is 0 Å². The van der Waals surface area contributed by atoms with Crippen LogP contribution in [0.4, 0.5) is 0 Å². The van der Waals surface area contributed by atoms with Gasteiger partial charge >= 0.3 is 0 Å². The minimum absolute atomic E-state index is 1.17. The Labute approximate surface area is 227 Å². The smallest absolute Gasteiger partial charge is 0.0544 e. The van der Waals surface area contributed by atoms with Gasteiger partial charge in [0.1, 0.15) is 0 Å². The summed E-state index contributed by atoms with van der Waals surface area (Å²) in [6.45, 7) is 0. The van der Waals surface area contributed by atoms with E-state index in [9.17, 15) is 0 Å². The van der Waals surface area contributed by atoms with Crippen molar-refractivity contribution in [1.29, 1.82) is 0 Å². The molecule has 182 valence electrons. The molecule has 1 heteroatoms. The molecule has 0 radical (unpaired) electrons. The van der Waals surface area contributed by atoms with Crippen molar-refractivity contribution in [2.45, 2.75) is 0 Å². The van der Waals surface area contributed by atoms with E-state index in [0.717, 1.165) is 0 Å². The van der Waals surface area contributed by atoms with Gasteiger partial charge in [-0.05, 0) is 55.4 Å². The molecule has 39 heavy (non-hydrogen) atoms. The van der Waals surface area contributed by atoms with Crippen LogP contribution in [0.25, 0.3) is 76.7 Å². The predicted molar refractivity (Wildman–Crippen MR) is 167 cm³/mol. The number of hydrogen-bond acceptors (Lipinski definition) is 0. The van der Waals surface area contributed by atoms with Crippen molar-refractivity contribution in [1.82, 2.24) is 4.98 Å². The largest absolute Gasteiger partial charge is 0.354 e. The van der Waals surface area contributed by atoms with Crippen molar-refractivity contribution in [3.05, 3.63) is 146 Å². The fraction of sp³-hybridized carbons (Fsp3) is 0. The van der Waals surface area contributed by atoms with Crippen molar-refractivity contribution < 1.29 is 0 Å². The molecule has 0 bridgehead atoms. The SMILES string of the molecule is c1ccc(-c2c3ccccc3c(-c3ccc(-c4cccc5c4[nH]c4ccccc45)cc3)c3ccccc23)cc1. The molecule has 0 saturated heterocycles. The predicted octanol–water partition coefficient (Wildman–Crippen LogP) is 10.6. The number of aromatic nitrogens is 1. The van der Waals surface area contributed by atoms with Crippen LogP contribution in [-0.4, -0.2) is 4.98 Å². The summed E-state index contributed by atoms with van der Waals surface area (Å²) in [6.07, 6.45) is 0. The van der Waals surface area contributed by atoms with E-state index in [2.05, 4.69) is 151 Å². The first-order chi connectivity index (χ1) is 19.4. The molecule has 0 saturated carbocycles. The quantitative estimate of drug-likeness (QED) is 0.235. The highest BCUT2D eigenvalue weighted by Gasteiger charge is 2.16. The lowest BCUT2D eigenvalue weighted by molar-refractivity contribution is 1.53. The fourth-order valence-electron chi connectivity index (χ4n) is 6.29. The molecule has 0 atom stereocenters. The Bertz CT molecular complexity index is 2090. The van der Waals surface area contributed by atoms with Crippen molar-refractivity contribution in [3.63, 3.8) is 0 Å². The summed E-state index contributed by atoms with van der Waals surface area (Å²) < 4.78 is 0. The maximum Gasteiger partial charge on any atom is 0.0544 e. The Morgan fingerprint density at radius 2 is 0.769 bits per heavy atom. The summed E-state index contributed by atoms with van der Waals surface area (Å²) in [4.78, 5) is 3.66. The van der Waals surface area contributed by atoms with Crippen LogP contribution in [0, 0.1) is 0 Å². The van der Waals surface area contributed by atoms with Crippen molar-refractivity contribution >= 4 is 43.4 Å². The van der Waals surface area contributed by atoms with E-state index < -0.39 is 0 Å². The molecular formula is C38H25N. The van der Waals surface area contributed by atoms with E-state index in [1.807, 2.05) is 0 Å². The van der Waals surface area contributed by atoms with Gasteiger partial charge in [0.05, 0.1) is 5.52 Å². The third kappa shape index (κ3) is 3.41. The van der Waals surface area contributed by atoms with E-state index >= 15 is 0 Å². The van der Waals surface area contributed by atoms with Gasteiger partial charge in [0.2, 0.25) is 0 Å². The van der Waals surface area contributed by atoms with E-state index in [4.69, 9.17) is 0 Å². The highest BCUT2D eigenvalue weighted by Crippen LogP contribution is 2.44. The minimum atomic E-state index is 1.17. The maximum atomic E-state index is 3.66. The first-order valence-electron chi connectivity index (χ1n) is 13.5. The van der Waals surface area contributed by atoms with Crippen LogP contribution >= 0.6 is 0 Å². The van der Waals surface area contributed by atoms with Gasteiger partial charge in [-0.1, -0.05) is 140 Å². The van der Waals surface area contributed by atoms with E-state index in [-0.39, 0.29) is 0 Å². The first-order valence-corrected chi connectivity index (χ1v) is 13.5. The third-order valence-electron chi connectivity index (χ3n) is 8.02. The van der Waals surface area contributed by atoms with Crippen LogP contribution in [0.15, 0.2) is 146 Å². The Kier molecular flexibility index (Phi) is 4.89. The van der Waals surface area contributed by atoms with E-state index in [1.165, 1.54) is 76.7 Å². The Balaban J connectivity index is 1.35. The standard InChI is InChI=1S/C38H25N/c1-2-11-26(12-3-1)36-30-14-4-6-16-32(30)37(33-17-7-5-15-31(33)36)27-23-21-25(22-24-27)28-18-10-19-34-29-13-8-9-20-35(29)39-38(28)34/h1-24,39H. The lowest BCUT2D eigenvalue weighted by Gasteiger charge is -2.18. The summed E-state index contributed by atoms with van der Waals surface area (Å²) >= 11 is 0. The van der Waals surface area contributed by atoms with Gasteiger partial charge in [-0.3, -0.25) is 0 Å². The van der Waals surface area contributed by atoms with Crippen LogP contribution in [0.5, 0.6) is 0 Å². The van der Waals surface area contributed by atoms with Crippen molar-refractivity contribution in [2.75, 3.05) is 0 Å². The average Bonchev–Trinajstić information content (AvgIpc) is 3.39. The molecule has 0 spiro atoms. The highest BCUT2D eigenvalue weighted by atomic mass is 14.7. The molecule has 1 aromatic heterocycles. The molecule has 0 fully saturated rings. The summed E-state index contributed by atoms with van der Waals surface area (Å²) in [6, 6.07) is 52.7. The molecular weight excluding hydrogens is 470 g/mol. The zero-order chi connectivity index (χ0) is 25.8. The third-order valence-corrected chi connectivity index (χ3v) is 8.02. The molecule has 7 aromatic carbocycles. The molecule has 0 aliphatic rings. The number of H-pyrrole nitrogens is 1. The van der Waals surface area contributed by atoms with Crippen molar-refractivity contribution in [3.8, 4) is 33.4 Å². The fourth-order valence-corrected chi connectivity index (χ4v) is 6.29. The number of nitrogens with one attached hydrogen (secondary N) is 1. The number of rotatable bonds is 3. The highest BCUT2D eigenvalue weighted by molar-refractivity contribution is 6.21. The van der Waals surface area contributed by atoms with Gasteiger partial charge in [0.15, 0.2) is 0 Å². The van der Waals surface area contributed by atoms with Gasteiger partial charge in [0, 0.05) is 21.9 Å².